The van der Waals surface area contributed by atoms with Gasteiger partial charge < -0.3 is 15.5 Å². The molecule has 1 aliphatic heterocycles. The van der Waals surface area contributed by atoms with Gasteiger partial charge in [0.25, 0.3) is 5.91 Å². The number of amides is 2. The second kappa shape index (κ2) is 10.0. The average molecular weight is 380 g/mol. The van der Waals surface area contributed by atoms with Crippen molar-refractivity contribution >= 4 is 11.8 Å². The van der Waals surface area contributed by atoms with Crippen LogP contribution in [0.5, 0.6) is 0 Å². The molecular formula is C23H29N3O2. The van der Waals surface area contributed by atoms with Crippen LogP contribution in [0.4, 0.5) is 0 Å². The molecule has 1 saturated heterocycles. The lowest BCUT2D eigenvalue weighted by Crippen LogP contribution is -2.44. The van der Waals surface area contributed by atoms with Gasteiger partial charge in [-0.3, -0.25) is 9.59 Å². The maximum absolute atomic E-state index is 13.0. The monoisotopic (exact) mass is 379 g/mol. The third-order valence-electron chi connectivity index (χ3n) is 5.29. The fourth-order valence-corrected chi connectivity index (χ4v) is 3.82. The van der Waals surface area contributed by atoms with Crippen LogP contribution in [0.15, 0.2) is 60.7 Å². The Morgan fingerprint density at radius 2 is 1.75 bits per heavy atom. The average Bonchev–Trinajstić information content (AvgIpc) is 2.75. The van der Waals surface area contributed by atoms with Gasteiger partial charge in [0.05, 0.1) is 12.5 Å². The molecule has 148 valence electrons. The maximum atomic E-state index is 13.0. The summed E-state index contributed by atoms with van der Waals surface area (Å²) in [6, 6.07) is 18.5. The molecule has 2 N–H and O–H groups in total. The lowest BCUT2D eigenvalue weighted by molar-refractivity contribution is -0.133. The van der Waals surface area contributed by atoms with Gasteiger partial charge in [0.15, 0.2) is 0 Å². The fraction of sp³-hybridized carbons (Fsp3) is 0.391. The number of benzene rings is 2. The Hall–Kier alpha value is -2.66. The van der Waals surface area contributed by atoms with E-state index in [0.717, 1.165) is 38.0 Å². The van der Waals surface area contributed by atoms with Crippen molar-refractivity contribution in [1.29, 1.82) is 0 Å². The smallest absolute Gasteiger partial charge is 0.251 e. The molecule has 3 rings (SSSR count). The number of carbonyl (C=O) groups excluding carboxylic acids is 2. The Morgan fingerprint density at radius 1 is 1.07 bits per heavy atom. The normalized spacial score (nSPS) is 17.8. The third kappa shape index (κ3) is 5.42. The first-order valence-electron chi connectivity index (χ1n) is 10.0. The van der Waals surface area contributed by atoms with Crippen molar-refractivity contribution in [3.05, 3.63) is 71.8 Å². The molecule has 0 radical (unpaired) electrons. The number of nitrogens with one attached hydrogen (secondary N) is 2. The zero-order chi connectivity index (χ0) is 19.8. The largest absolute Gasteiger partial charge is 0.345 e. The molecule has 28 heavy (non-hydrogen) atoms. The van der Waals surface area contributed by atoms with Gasteiger partial charge in [0.2, 0.25) is 5.91 Å². The molecule has 1 fully saturated rings. The highest BCUT2D eigenvalue weighted by Gasteiger charge is 2.26. The quantitative estimate of drug-likeness (QED) is 0.777. The lowest BCUT2D eigenvalue weighted by atomic mass is 9.96. The highest BCUT2D eigenvalue weighted by atomic mass is 16.2. The van der Waals surface area contributed by atoms with Gasteiger partial charge in [0, 0.05) is 18.7 Å². The minimum absolute atomic E-state index is 0.100. The van der Waals surface area contributed by atoms with E-state index in [9.17, 15) is 9.59 Å². The molecule has 0 aliphatic carbocycles. The predicted molar refractivity (Wildman–Crippen MR) is 111 cm³/mol. The fourth-order valence-electron chi connectivity index (χ4n) is 3.82. The Kier molecular flexibility index (Phi) is 7.20. The zero-order valence-corrected chi connectivity index (χ0v) is 16.4. The van der Waals surface area contributed by atoms with Crippen LogP contribution in [-0.4, -0.2) is 43.4 Å². The van der Waals surface area contributed by atoms with E-state index in [4.69, 9.17) is 0 Å². The van der Waals surface area contributed by atoms with Crippen LogP contribution >= 0.6 is 0 Å². The number of nitrogens with zero attached hydrogens (tertiary/aromatic N) is 1. The number of likely N-dealkylation sites (tertiary alicyclic amines) is 1. The molecular weight excluding hydrogens is 350 g/mol. The first-order chi connectivity index (χ1) is 13.7. The molecule has 2 aromatic carbocycles. The van der Waals surface area contributed by atoms with Gasteiger partial charge in [-0.05, 0) is 50.0 Å². The van der Waals surface area contributed by atoms with Crippen LogP contribution in [0.3, 0.4) is 0 Å². The summed E-state index contributed by atoms with van der Waals surface area (Å²) in [7, 11) is 1.95. The summed E-state index contributed by atoms with van der Waals surface area (Å²) in [6.07, 6.45) is 2.46. The van der Waals surface area contributed by atoms with Gasteiger partial charge in [-0.1, -0.05) is 48.5 Å². The van der Waals surface area contributed by atoms with Crippen molar-refractivity contribution in [3.63, 3.8) is 0 Å². The van der Waals surface area contributed by atoms with E-state index in [1.165, 1.54) is 0 Å². The van der Waals surface area contributed by atoms with Crippen LogP contribution in [-0.2, 0) is 4.79 Å². The minimum Gasteiger partial charge on any atom is -0.345 e. The Bertz CT molecular complexity index is 762. The van der Waals surface area contributed by atoms with E-state index in [-0.39, 0.29) is 24.3 Å². The highest BCUT2D eigenvalue weighted by Crippen LogP contribution is 2.22. The number of rotatable bonds is 7. The standard InChI is InChI=1S/C23H29N3O2/c1-24-16-18-9-8-14-26(17-18)22(27)15-21(19-10-4-2-5-11-19)25-23(28)20-12-6-3-7-13-20/h2-7,10-13,18,21,24H,8-9,14-17H2,1H3,(H,25,28). The Labute approximate surface area is 167 Å². The van der Waals surface area contributed by atoms with E-state index < -0.39 is 0 Å². The third-order valence-corrected chi connectivity index (χ3v) is 5.29. The first-order valence-corrected chi connectivity index (χ1v) is 10.0. The van der Waals surface area contributed by atoms with E-state index >= 15 is 0 Å². The molecule has 1 aliphatic rings. The number of hydrogen-bond donors (Lipinski definition) is 2. The van der Waals surface area contributed by atoms with Crippen LogP contribution in [0.2, 0.25) is 0 Å². The van der Waals surface area contributed by atoms with Crippen molar-refractivity contribution in [2.45, 2.75) is 25.3 Å². The van der Waals surface area contributed by atoms with Gasteiger partial charge >= 0.3 is 0 Å². The van der Waals surface area contributed by atoms with Gasteiger partial charge in [0.1, 0.15) is 0 Å². The minimum atomic E-state index is -0.342. The van der Waals surface area contributed by atoms with Gasteiger partial charge in [-0.15, -0.1) is 0 Å². The molecule has 2 aromatic rings. The van der Waals surface area contributed by atoms with Crippen LogP contribution in [0.1, 0.15) is 41.2 Å². The summed E-state index contributed by atoms with van der Waals surface area (Å²) >= 11 is 0. The van der Waals surface area contributed by atoms with Crippen LogP contribution < -0.4 is 10.6 Å². The van der Waals surface area contributed by atoms with Gasteiger partial charge in [-0.2, -0.15) is 0 Å². The second-order valence-corrected chi connectivity index (χ2v) is 7.41. The van der Waals surface area contributed by atoms with Crippen molar-refractivity contribution in [1.82, 2.24) is 15.5 Å². The van der Waals surface area contributed by atoms with Crippen LogP contribution in [0.25, 0.3) is 0 Å². The zero-order valence-electron chi connectivity index (χ0n) is 16.4. The molecule has 2 atom stereocenters. The molecule has 2 amide bonds. The van der Waals surface area contributed by atoms with Gasteiger partial charge in [-0.25, -0.2) is 0 Å². The summed E-state index contributed by atoms with van der Waals surface area (Å²) in [5.41, 5.74) is 1.55. The topological polar surface area (TPSA) is 61.4 Å². The van der Waals surface area contributed by atoms with Crippen molar-refractivity contribution in [2.75, 3.05) is 26.7 Å². The van der Waals surface area contributed by atoms with Crippen LogP contribution in [0, 0.1) is 5.92 Å². The SMILES string of the molecule is CNCC1CCCN(C(=O)CC(NC(=O)c2ccccc2)c2ccccc2)C1. The van der Waals surface area contributed by atoms with E-state index in [0.29, 0.717) is 11.5 Å². The molecule has 0 bridgehead atoms. The number of piperidine rings is 1. The number of carbonyl (C=O) groups is 2. The highest BCUT2D eigenvalue weighted by molar-refractivity contribution is 5.94. The summed E-state index contributed by atoms with van der Waals surface area (Å²) in [4.78, 5) is 27.6. The summed E-state index contributed by atoms with van der Waals surface area (Å²) in [5, 5.41) is 6.27. The van der Waals surface area contributed by atoms with Crippen molar-refractivity contribution < 1.29 is 9.59 Å². The molecule has 5 heteroatoms. The maximum Gasteiger partial charge on any atom is 0.251 e. The Morgan fingerprint density at radius 3 is 2.43 bits per heavy atom. The van der Waals surface area contributed by atoms with Crippen molar-refractivity contribution in [2.24, 2.45) is 5.92 Å². The molecule has 2 unspecified atom stereocenters. The molecule has 0 aromatic heterocycles. The van der Waals surface area contributed by atoms with E-state index in [1.807, 2.05) is 60.5 Å². The van der Waals surface area contributed by atoms with Crippen molar-refractivity contribution in [3.8, 4) is 0 Å². The molecule has 5 nitrogen and oxygen atoms in total. The summed E-state index contributed by atoms with van der Waals surface area (Å²) < 4.78 is 0. The molecule has 0 spiro atoms. The second-order valence-electron chi connectivity index (χ2n) is 7.41. The summed E-state index contributed by atoms with van der Waals surface area (Å²) in [5.74, 6) is 0.439. The molecule has 1 heterocycles. The van der Waals surface area contributed by atoms with E-state index in [2.05, 4.69) is 10.6 Å². The summed E-state index contributed by atoms with van der Waals surface area (Å²) in [6.45, 7) is 2.51. The number of hydrogen-bond acceptors (Lipinski definition) is 3. The molecule has 0 saturated carbocycles. The Balaban J connectivity index is 1.70. The lowest BCUT2D eigenvalue weighted by Gasteiger charge is -2.34. The predicted octanol–water partition coefficient (Wildman–Crippen LogP) is 3.01. The first kappa shape index (κ1) is 20.1. The van der Waals surface area contributed by atoms with E-state index in [1.54, 1.807) is 12.1 Å².